The van der Waals surface area contributed by atoms with Gasteiger partial charge in [0.2, 0.25) is 0 Å². The Labute approximate surface area is 90.1 Å². The van der Waals surface area contributed by atoms with Crippen LogP contribution in [-0.4, -0.2) is 11.2 Å². The summed E-state index contributed by atoms with van der Waals surface area (Å²) in [6.07, 6.45) is 3.53. The third-order valence-electron chi connectivity index (χ3n) is 4.23. The van der Waals surface area contributed by atoms with Crippen molar-refractivity contribution in [2.45, 2.75) is 31.3 Å². The highest BCUT2D eigenvalue weighted by Crippen LogP contribution is 2.52. The Bertz CT molecular complexity index is 359. The quantitative estimate of drug-likeness (QED) is 0.687. The van der Waals surface area contributed by atoms with Gasteiger partial charge in [0, 0.05) is 5.69 Å². The molecule has 0 heterocycles. The maximum Gasteiger partial charge on any atom is 0.0602 e. The summed E-state index contributed by atoms with van der Waals surface area (Å²) < 4.78 is 0. The monoisotopic (exact) mass is 203 g/mol. The van der Waals surface area contributed by atoms with E-state index in [2.05, 4.69) is 12.1 Å². The van der Waals surface area contributed by atoms with E-state index in [1.54, 1.807) is 0 Å². The van der Waals surface area contributed by atoms with Gasteiger partial charge in [-0.2, -0.15) is 0 Å². The molecule has 0 saturated heterocycles. The fourth-order valence-electron chi connectivity index (χ4n) is 3.42. The van der Waals surface area contributed by atoms with Crippen LogP contribution < -0.4 is 5.73 Å². The van der Waals surface area contributed by atoms with E-state index in [-0.39, 0.29) is 6.10 Å². The first-order valence-electron chi connectivity index (χ1n) is 5.79. The molecule has 3 N–H and O–H groups in total. The van der Waals surface area contributed by atoms with E-state index in [9.17, 15) is 5.11 Å². The van der Waals surface area contributed by atoms with E-state index < -0.39 is 0 Å². The van der Waals surface area contributed by atoms with Gasteiger partial charge in [-0.25, -0.2) is 0 Å². The van der Waals surface area contributed by atoms with Crippen LogP contribution in [0.1, 0.15) is 30.7 Å². The molecule has 0 unspecified atom stereocenters. The molecule has 1 aromatic carbocycles. The summed E-state index contributed by atoms with van der Waals surface area (Å²) in [5.74, 6) is 1.62. The summed E-state index contributed by atoms with van der Waals surface area (Å²) in [5.41, 5.74) is 7.86. The number of fused-ring (bicyclic) bond motifs is 2. The Morgan fingerprint density at radius 2 is 1.87 bits per heavy atom. The van der Waals surface area contributed by atoms with Crippen molar-refractivity contribution in [2.24, 2.45) is 11.8 Å². The molecule has 15 heavy (non-hydrogen) atoms. The largest absolute Gasteiger partial charge is 0.399 e. The summed E-state index contributed by atoms with van der Waals surface area (Å²) in [6, 6.07) is 8.17. The van der Waals surface area contributed by atoms with E-state index in [0.717, 1.165) is 12.1 Å². The van der Waals surface area contributed by atoms with E-state index in [1.165, 1.54) is 18.4 Å². The number of hydrogen-bond donors (Lipinski definition) is 2. The Balaban J connectivity index is 1.87. The standard InChI is InChI=1S/C13H17NO/c14-10-4-1-8(2-5-10)12-7-9-3-6-11(12)13(9)15/h1-2,4-5,9,11-13,15H,3,6-7,14H2/t9-,11+,12-,13-/m1/s1. The number of hydrogen-bond acceptors (Lipinski definition) is 2. The Morgan fingerprint density at radius 1 is 1.13 bits per heavy atom. The fraction of sp³-hybridized carbons (Fsp3) is 0.538. The molecule has 2 fully saturated rings. The van der Waals surface area contributed by atoms with Gasteiger partial charge in [0.25, 0.3) is 0 Å². The van der Waals surface area contributed by atoms with E-state index in [4.69, 9.17) is 5.73 Å². The van der Waals surface area contributed by atoms with Crippen LogP contribution in [0.4, 0.5) is 5.69 Å². The molecule has 2 aliphatic carbocycles. The highest BCUT2D eigenvalue weighted by molar-refractivity contribution is 5.41. The molecular weight excluding hydrogens is 186 g/mol. The molecule has 0 aromatic heterocycles. The summed E-state index contributed by atoms with van der Waals surface area (Å²) in [6.45, 7) is 0. The summed E-state index contributed by atoms with van der Waals surface area (Å²) in [7, 11) is 0. The molecule has 0 spiro atoms. The molecule has 2 heteroatoms. The zero-order valence-corrected chi connectivity index (χ0v) is 8.76. The van der Waals surface area contributed by atoms with Crippen molar-refractivity contribution < 1.29 is 5.11 Å². The van der Waals surface area contributed by atoms with Crippen molar-refractivity contribution in [3.05, 3.63) is 29.8 Å². The second-order valence-electron chi connectivity index (χ2n) is 5.00. The van der Waals surface area contributed by atoms with Crippen molar-refractivity contribution in [1.29, 1.82) is 0 Å². The number of aliphatic hydroxyl groups excluding tert-OH is 1. The third-order valence-corrected chi connectivity index (χ3v) is 4.23. The van der Waals surface area contributed by atoms with Gasteiger partial charge in [-0.15, -0.1) is 0 Å². The van der Waals surface area contributed by atoms with Gasteiger partial charge in [-0.3, -0.25) is 0 Å². The van der Waals surface area contributed by atoms with Crippen molar-refractivity contribution in [1.82, 2.24) is 0 Å². The van der Waals surface area contributed by atoms with Crippen molar-refractivity contribution in [2.75, 3.05) is 5.73 Å². The molecule has 4 atom stereocenters. The molecule has 2 saturated carbocycles. The van der Waals surface area contributed by atoms with Crippen LogP contribution in [0.25, 0.3) is 0 Å². The van der Waals surface area contributed by atoms with Gasteiger partial charge >= 0.3 is 0 Å². The minimum absolute atomic E-state index is 0.0486. The van der Waals surface area contributed by atoms with Gasteiger partial charge in [0.05, 0.1) is 6.10 Å². The van der Waals surface area contributed by atoms with E-state index in [1.807, 2.05) is 12.1 Å². The molecule has 0 radical (unpaired) electrons. The minimum Gasteiger partial charge on any atom is -0.399 e. The first-order valence-corrected chi connectivity index (χ1v) is 5.79. The lowest BCUT2D eigenvalue weighted by atomic mass is 9.83. The molecule has 1 aromatic rings. The first kappa shape index (κ1) is 9.22. The van der Waals surface area contributed by atoms with Crippen LogP contribution in [0.15, 0.2) is 24.3 Å². The summed E-state index contributed by atoms with van der Waals surface area (Å²) >= 11 is 0. The van der Waals surface area contributed by atoms with Crippen LogP contribution in [0.3, 0.4) is 0 Å². The second-order valence-corrected chi connectivity index (χ2v) is 5.00. The molecule has 0 amide bonds. The second kappa shape index (κ2) is 3.24. The number of nitrogens with two attached hydrogens (primary N) is 1. The predicted octanol–water partition coefficient (Wildman–Crippen LogP) is 2.14. The van der Waals surface area contributed by atoms with Crippen LogP contribution in [0, 0.1) is 11.8 Å². The third kappa shape index (κ3) is 1.36. The highest BCUT2D eigenvalue weighted by Gasteiger charge is 2.47. The number of aliphatic hydroxyl groups is 1. The topological polar surface area (TPSA) is 46.2 Å². The van der Waals surface area contributed by atoms with E-state index in [0.29, 0.717) is 17.8 Å². The van der Waals surface area contributed by atoms with Crippen molar-refractivity contribution >= 4 is 5.69 Å². The van der Waals surface area contributed by atoms with Crippen LogP contribution in [0.2, 0.25) is 0 Å². The van der Waals surface area contributed by atoms with Crippen LogP contribution >= 0.6 is 0 Å². The molecule has 2 aliphatic rings. The van der Waals surface area contributed by atoms with Crippen LogP contribution in [-0.2, 0) is 0 Å². The normalized spacial score (nSPS) is 38.5. The molecule has 3 rings (SSSR count). The average molecular weight is 203 g/mol. The summed E-state index contributed by atoms with van der Waals surface area (Å²) in [4.78, 5) is 0. The summed E-state index contributed by atoms with van der Waals surface area (Å²) in [5, 5.41) is 9.99. The minimum atomic E-state index is -0.0486. The zero-order valence-electron chi connectivity index (χ0n) is 8.76. The zero-order chi connectivity index (χ0) is 10.4. The van der Waals surface area contributed by atoms with E-state index >= 15 is 0 Å². The first-order chi connectivity index (χ1) is 7.25. The molecule has 2 bridgehead atoms. The maximum atomic E-state index is 9.99. The lowest BCUT2D eigenvalue weighted by molar-refractivity contribution is 0.126. The predicted molar refractivity (Wildman–Crippen MR) is 60.4 cm³/mol. The molecule has 80 valence electrons. The lowest BCUT2D eigenvalue weighted by Crippen LogP contribution is -2.14. The number of anilines is 1. The average Bonchev–Trinajstić information content (AvgIpc) is 2.75. The van der Waals surface area contributed by atoms with Gasteiger partial charge < -0.3 is 10.8 Å². The van der Waals surface area contributed by atoms with Crippen molar-refractivity contribution in [3.8, 4) is 0 Å². The smallest absolute Gasteiger partial charge is 0.0602 e. The maximum absolute atomic E-state index is 9.99. The van der Waals surface area contributed by atoms with Gasteiger partial charge in [-0.05, 0) is 54.7 Å². The highest BCUT2D eigenvalue weighted by atomic mass is 16.3. The number of rotatable bonds is 1. The molecular formula is C13H17NO. The number of nitrogen functional groups attached to an aromatic ring is 1. The Kier molecular flexibility index (Phi) is 1.99. The molecule has 0 aliphatic heterocycles. The van der Waals surface area contributed by atoms with Gasteiger partial charge in [0.15, 0.2) is 0 Å². The fourth-order valence-corrected chi connectivity index (χ4v) is 3.42. The van der Waals surface area contributed by atoms with Crippen molar-refractivity contribution in [3.63, 3.8) is 0 Å². The Morgan fingerprint density at radius 3 is 2.40 bits per heavy atom. The SMILES string of the molecule is Nc1ccc([C@H]2C[C@H]3CC[C@@H]2[C@@H]3O)cc1. The molecule has 2 nitrogen and oxygen atoms in total. The van der Waals surface area contributed by atoms with Gasteiger partial charge in [-0.1, -0.05) is 12.1 Å². The van der Waals surface area contributed by atoms with Crippen LogP contribution in [0.5, 0.6) is 0 Å². The lowest BCUT2D eigenvalue weighted by Gasteiger charge is -2.21. The number of benzene rings is 1. The Hall–Kier alpha value is -1.02. The van der Waals surface area contributed by atoms with Gasteiger partial charge in [0.1, 0.15) is 0 Å².